The molecule has 29 heavy (non-hydrogen) atoms. The van der Waals surface area contributed by atoms with Gasteiger partial charge < -0.3 is 10.1 Å². The van der Waals surface area contributed by atoms with Crippen LogP contribution in [0.3, 0.4) is 0 Å². The summed E-state index contributed by atoms with van der Waals surface area (Å²) >= 11 is 1.64. The summed E-state index contributed by atoms with van der Waals surface area (Å²) in [5.74, 6) is 0.844. The van der Waals surface area contributed by atoms with E-state index in [0.29, 0.717) is 29.9 Å². The Hall–Kier alpha value is -2.03. The largest absolute Gasteiger partial charge is 0.377 e. The fourth-order valence-corrected chi connectivity index (χ4v) is 6.26. The molecule has 2 heterocycles. The SMILES string of the molecule is O=C(Nc1ccc(N2CCCS2(=O)=O)cc1)c1ccccc1SC[C@H]1CCCO1. The molecular formula is C21H24N2O4S2. The Morgan fingerprint density at radius 2 is 1.93 bits per heavy atom. The molecule has 0 unspecified atom stereocenters. The summed E-state index contributed by atoms with van der Waals surface area (Å²) in [6.45, 7) is 1.32. The van der Waals surface area contributed by atoms with Crippen molar-refractivity contribution in [3.8, 4) is 0 Å². The number of nitrogens with one attached hydrogen (secondary N) is 1. The Bertz CT molecular complexity index is 970. The van der Waals surface area contributed by atoms with Crippen molar-refractivity contribution in [1.29, 1.82) is 0 Å². The summed E-state index contributed by atoms with van der Waals surface area (Å²) in [6.07, 6.45) is 3.06. The number of thioether (sulfide) groups is 1. The molecule has 0 aliphatic carbocycles. The number of anilines is 2. The van der Waals surface area contributed by atoms with E-state index in [9.17, 15) is 13.2 Å². The van der Waals surface area contributed by atoms with Crippen LogP contribution in [0.1, 0.15) is 29.6 Å². The Balaban J connectivity index is 1.43. The minimum Gasteiger partial charge on any atom is -0.377 e. The highest BCUT2D eigenvalue weighted by molar-refractivity contribution is 7.99. The number of sulfonamides is 1. The Morgan fingerprint density at radius 3 is 2.62 bits per heavy atom. The van der Waals surface area contributed by atoms with Crippen LogP contribution in [0.15, 0.2) is 53.4 Å². The Morgan fingerprint density at radius 1 is 1.14 bits per heavy atom. The van der Waals surface area contributed by atoms with Gasteiger partial charge in [-0.15, -0.1) is 11.8 Å². The topological polar surface area (TPSA) is 75.7 Å². The van der Waals surface area contributed by atoms with Crippen molar-refractivity contribution < 1.29 is 17.9 Å². The molecule has 2 aromatic carbocycles. The molecule has 2 saturated heterocycles. The molecule has 2 aliphatic heterocycles. The maximum atomic E-state index is 12.8. The molecule has 1 N–H and O–H groups in total. The van der Waals surface area contributed by atoms with Crippen LogP contribution < -0.4 is 9.62 Å². The second-order valence-electron chi connectivity index (χ2n) is 7.18. The lowest BCUT2D eigenvalue weighted by Crippen LogP contribution is -2.25. The van der Waals surface area contributed by atoms with E-state index < -0.39 is 10.0 Å². The minimum atomic E-state index is -3.21. The standard InChI is InChI=1S/C21H24N2O4S2/c24-21(19-6-1-2-7-20(19)28-15-18-5-3-13-27-18)22-16-8-10-17(11-9-16)23-12-4-14-29(23,25)26/h1-2,6-11,18H,3-5,12-15H2,(H,22,24)/t18-/m1/s1. The highest BCUT2D eigenvalue weighted by Gasteiger charge is 2.28. The van der Waals surface area contributed by atoms with Crippen molar-refractivity contribution in [2.45, 2.75) is 30.3 Å². The summed E-state index contributed by atoms with van der Waals surface area (Å²) in [5.41, 5.74) is 1.89. The molecule has 0 saturated carbocycles. The zero-order chi connectivity index (χ0) is 20.3. The molecule has 4 rings (SSSR count). The maximum Gasteiger partial charge on any atom is 0.256 e. The third-order valence-electron chi connectivity index (χ3n) is 5.09. The van der Waals surface area contributed by atoms with Gasteiger partial charge in [0.25, 0.3) is 5.91 Å². The van der Waals surface area contributed by atoms with E-state index in [2.05, 4.69) is 5.32 Å². The van der Waals surface area contributed by atoms with Crippen molar-refractivity contribution in [2.75, 3.05) is 34.3 Å². The molecule has 1 atom stereocenters. The molecule has 2 fully saturated rings. The molecule has 0 spiro atoms. The van der Waals surface area contributed by atoms with Gasteiger partial charge in [0.1, 0.15) is 0 Å². The van der Waals surface area contributed by atoms with Crippen LogP contribution in [-0.2, 0) is 14.8 Å². The normalized spacial score (nSPS) is 20.7. The maximum absolute atomic E-state index is 12.8. The summed E-state index contributed by atoms with van der Waals surface area (Å²) < 4.78 is 31.2. The quantitative estimate of drug-likeness (QED) is 0.704. The number of nitrogens with zero attached hydrogens (tertiary/aromatic N) is 1. The van der Waals surface area contributed by atoms with Crippen LogP contribution in [-0.4, -0.2) is 45.1 Å². The van der Waals surface area contributed by atoms with E-state index in [1.165, 1.54) is 4.31 Å². The first-order chi connectivity index (χ1) is 14.0. The first-order valence-corrected chi connectivity index (χ1v) is 12.4. The van der Waals surface area contributed by atoms with Crippen LogP contribution in [0.25, 0.3) is 0 Å². The van der Waals surface area contributed by atoms with E-state index in [4.69, 9.17) is 4.74 Å². The second-order valence-corrected chi connectivity index (χ2v) is 10.3. The van der Waals surface area contributed by atoms with Crippen LogP contribution in [0, 0.1) is 0 Å². The molecule has 0 aromatic heterocycles. The summed E-state index contributed by atoms with van der Waals surface area (Å²) in [4.78, 5) is 13.7. The van der Waals surface area contributed by atoms with Gasteiger partial charge in [-0.1, -0.05) is 12.1 Å². The molecule has 6 nitrogen and oxygen atoms in total. The van der Waals surface area contributed by atoms with Gasteiger partial charge in [-0.25, -0.2) is 8.42 Å². The highest BCUT2D eigenvalue weighted by Crippen LogP contribution is 2.28. The monoisotopic (exact) mass is 432 g/mol. The fraction of sp³-hybridized carbons (Fsp3) is 0.381. The van der Waals surface area contributed by atoms with E-state index in [1.54, 1.807) is 36.0 Å². The van der Waals surface area contributed by atoms with E-state index >= 15 is 0 Å². The van der Waals surface area contributed by atoms with Crippen molar-refractivity contribution in [3.05, 3.63) is 54.1 Å². The molecular weight excluding hydrogens is 408 g/mol. The average molecular weight is 433 g/mol. The molecule has 0 bridgehead atoms. The predicted molar refractivity (Wildman–Crippen MR) is 116 cm³/mol. The van der Waals surface area contributed by atoms with Crippen molar-refractivity contribution in [3.63, 3.8) is 0 Å². The van der Waals surface area contributed by atoms with E-state index in [0.717, 1.165) is 30.1 Å². The van der Waals surface area contributed by atoms with Crippen molar-refractivity contribution in [2.24, 2.45) is 0 Å². The van der Waals surface area contributed by atoms with Crippen molar-refractivity contribution >= 4 is 39.1 Å². The van der Waals surface area contributed by atoms with Crippen LogP contribution in [0.5, 0.6) is 0 Å². The third kappa shape index (κ3) is 4.76. The lowest BCUT2D eigenvalue weighted by Gasteiger charge is -2.17. The first-order valence-electron chi connectivity index (χ1n) is 9.78. The molecule has 2 aromatic rings. The smallest absolute Gasteiger partial charge is 0.256 e. The van der Waals surface area contributed by atoms with Gasteiger partial charge in [0.2, 0.25) is 10.0 Å². The van der Waals surface area contributed by atoms with Crippen molar-refractivity contribution in [1.82, 2.24) is 0 Å². The summed E-state index contributed by atoms with van der Waals surface area (Å²) in [6, 6.07) is 14.5. The molecule has 0 radical (unpaired) electrons. The Kier molecular flexibility index (Phi) is 6.12. The predicted octanol–water partition coefficient (Wildman–Crippen LogP) is 3.75. The van der Waals surface area contributed by atoms with E-state index in [1.807, 2.05) is 24.3 Å². The van der Waals surface area contributed by atoms with Gasteiger partial charge in [-0.3, -0.25) is 9.10 Å². The van der Waals surface area contributed by atoms with Gasteiger partial charge in [0.05, 0.1) is 23.1 Å². The number of amides is 1. The molecule has 2 aliphatic rings. The van der Waals surface area contributed by atoms with Gasteiger partial charge in [-0.2, -0.15) is 0 Å². The third-order valence-corrected chi connectivity index (χ3v) is 8.17. The number of hydrogen-bond donors (Lipinski definition) is 1. The van der Waals surface area contributed by atoms with Crippen LogP contribution in [0.4, 0.5) is 11.4 Å². The van der Waals surface area contributed by atoms with Crippen LogP contribution >= 0.6 is 11.8 Å². The number of carbonyl (C=O) groups excluding carboxylic acids is 1. The zero-order valence-electron chi connectivity index (χ0n) is 16.0. The first kappa shape index (κ1) is 20.3. The summed E-state index contributed by atoms with van der Waals surface area (Å²) in [7, 11) is -3.21. The van der Waals surface area contributed by atoms with Gasteiger partial charge in [-0.05, 0) is 55.7 Å². The molecule has 1 amide bonds. The lowest BCUT2D eigenvalue weighted by atomic mass is 10.2. The van der Waals surface area contributed by atoms with E-state index in [-0.39, 0.29) is 17.8 Å². The number of carbonyl (C=O) groups is 1. The lowest BCUT2D eigenvalue weighted by molar-refractivity contribution is 0.102. The Labute approximate surface area is 175 Å². The van der Waals surface area contributed by atoms with Gasteiger partial charge in [0.15, 0.2) is 0 Å². The number of ether oxygens (including phenoxy) is 1. The molecule has 154 valence electrons. The number of benzene rings is 2. The second kappa shape index (κ2) is 8.77. The highest BCUT2D eigenvalue weighted by atomic mass is 32.2. The van der Waals surface area contributed by atoms with Gasteiger partial charge in [0, 0.05) is 29.5 Å². The zero-order valence-corrected chi connectivity index (χ0v) is 17.7. The number of rotatable bonds is 6. The summed E-state index contributed by atoms with van der Waals surface area (Å²) in [5, 5.41) is 2.91. The van der Waals surface area contributed by atoms with Gasteiger partial charge >= 0.3 is 0 Å². The molecule has 8 heteroatoms. The fourth-order valence-electron chi connectivity index (χ4n) is 3.58. The van der Waals surface area contributed by atoms with Crippen LogP contribution in [0.2, 0.25) is 0 Å². The average Bonchev–Trinajstić information content (AvgIpc) is 3.36. The number of hydrogen-bond acceptors (Lipinski definition) is 5. The minimum absolute atomic E-state index is 0.179.